The van der Waals surface area contributed by atoms with Crippen molar-refractivity contribution >= 4 is 22.9 Å². The second-order valence-electron chi connectivity index (χ2n) is 5.39. The molecule has 0 aliphatic carbocycles. The number of anilines is 1. The minimum atomic E-state index is -0.280. The average molecular weight is 351 g/mol. The summed E-state index contributed by atoms with van der Waals surface area (Å²) < 4.78 is 13.0. The number of nitrogens with one attached hydrogen (secondary N) is 1. The Balaban J connectivity index is 1.57. The van der Waals surface area contributed by atoms with Crippen molar-refractivity contribution in [1.29, 1.82) is 5.26 Å². The molecule has 1 amide bonds. The molecule has 0 aliphatic rings. The van der Waals surface area contributed by atoms with E-state index in [1.807, 2.05) is 11.4 Å². The lowest BCUT2D eigenvalue weighted by atomic mass is 10.2. The fourth-order valence-corrected chi connectivity index (χ4v) is 3.14. The fourth-order valence-electron chi connectivity index (χ4n) is 2.28. The SMILES string of the molecule is N#Cc1cccc(NC(=O)CCc2csc(-c3ccc(F)cc3)n2)c1. The Kier molecular flexibility index (Phi) is 5.17. The van der Waals surface area contributed by atoms with Gasteiger partial charge in [-0.25, -0.2) is 9.37 Å². The van der Waals surface area contributed by atoms with Gasteiger partial charge < -0.3 is 5.32 Å². The molecule has 3 rings (SSSR count). The molecule has 1 aromatic heterocycles. The van der Waals surface area contributed by atoms with Crippen LogP contribution >= 0.6 is 11.3 Å². The highest BCUT2D eigenvalue weighted by Gasteiger charge is 2.08. The van der Waals surface area contributed by atoms with E-state index in [1.165, 1.54) is 23.5 Å². The number of aromatic nitrogens is 1. The number of hydrogen-bond acceptors (Lipinski definition) is 4. The van der Waals surface area contributed by atoms with Crippen LogP contribution in [-0.2, 0) is 11.2 Å². The lowest BCUT2D eigenvalue weighted by Crippen LogP contribution is -2.12. The maximum atomic E-state index is 13.0. The monoisotopic (exact) mass is 351 g/mol. The van der Waals surface area contributed by atoms with E-state index in [-0.39, 0.29) is 11.7 Å². The van der Waals surface area contributed by atoms with E-state index in [0.717, 1.165) is 16.3 Å². The molecule has 0 saturated heterocycles. The number of rotatable bonds is 5. The highest BCUT2D eigenvalue weighted by atomic mass is 32.1. The molecule has 1 N–H and O–H groups in total. The molecule has 6 heteroatoms. The highest BCUT2D eigenvalue weighted by molar-refractivity contribution is 7.13. The van der Waals surface area contributed by atoms with Crippen LogP contribution in [0.1, 0.15) is 17.7 Å². The number of carbonyl (C=O) groups is 1. The normalized spacial score (nSPS) is 10.2. The third-order valence-corrected chi connectivity index (χ3v) is 4.47. The van der Waals surface area contributed by atoms with Crippen LogP contribution < -0.4 is 5.32 Å². The van der Waals surface area contributed by atoms with Crippen molar-refractivity contribution in [2.45, 2.75) is 12.8 Å². The Labute approximate surface area is 148 Å². The van der Waals surface area contributed by atoms with E-state index in [1.54, 1.807) is 36.4 Å². The van der Waals surface area contributed by atoms with Gasteiger partial charge in [0.2, 0.25) is 5.91 Å². The molecule has 0 unspecified atom stereocenters. The predicted molar refractivity (Wildman–Crippen MR) is 95.6 cm³/mol. The fraction of sp³-hybridized carbons (Fsp3) is 0.105. The van der Waals surface area contributed by atoms with Gasteiger partial charge in [0, 0.05) is 23.1 Å². The molecular formula is C19H14FN3OS. The van der Waals surface area contributed by atoms with Crippen molar-refractivity contribution in [3.8, 4) is 16.6 Å². The Hall–Kier alpha value is -3.04. The van der Waals surface area contributed by atoms with Crippen molar-refractivity contribution in [2.24, 2.45) is 0 Å². The summed E-state index contributed by atoms with van der Waals surface area (Å²) in [6.07, 6.45) is 0.810. The minimum absolute atomic E-state index is 0.133. The Morgan fingerprint density at radius 1 is 1.24 bits per heavy atom. The molecule has 4 nitrogen and oxygen atoms in total. The van der Waals surface area contributed by atoms with Crippen LogP contribution in [0.4, 0.5) is 10.1 Å². The van der Waals surface area contributed by atoms with E-state index in [9.17, 15) is 9.18 Å². The first kappa shape index (κ1) is 16.8. The first-order valence-electron chi connectivity index (χ1n) is 7.64. The number of carbonyl (C=O) groups excluding carboxylic acids is 1. The van der Waals surface area contributed by atoms with E-state index in [2.05, 4.69) is 10.3 Å². The van der Waals surface area contributed by atoms with Gasteiger partial charge in [-0.15, -0.1) is 11.3 Å². The molecule has 2 aromatic carbocycles. The molecule has 0 atom stereocenters. The molecule has 0 saturated carbocycles. The summed E-state index contributed by atoms with van der Waals surface area (Å²) in [5.74, 6) is -0.413. The lowest BCUT2D eigenvalue weighted by molar-refractivity contribution is -0.116. The molecule has 3 aromatic rings. The standard InChI is InChI=1S/C19H14FN3OS/c20-15-6-4-14(5-7-15)19-23-17(12-25-19)8-9-18(24)22-16-3-1-2-13(10-16)11-21/h1-7,10,12H,8-9H2,(H,22,24). The summed E-state index contributed by atoms with van der Waals surface area (Å²) in [6.45, 7) is 0. The molecule has 0 fully saturated rings. The van der Waals surface area contributed by atoms with Crippen LogP contribution in [0, 0.1) is 17.1 Å². The summed E-state index contributed by atoms with van der Waals surface area (Å²) >= 11 is 1.47. The lowest BCUT2D eigenvalue weighted by Gasteiger charge is -2.04. The number of nitrogens with zero attached hydrogens (tertiary/aromatic N) is 2. The Bertz CT molecular complexity index is 928. The number of aryl methyl sites for hydroxylation is 1. The van der Waals surface area contributed by atoms with Gasteiger partial charge >= 0.3 is 0 Å². The predicted octanol–water partition coefficient (Wildman–Crippen LogP) is 4.39. The van der Waals surface area contributed by atoms with E-state index < -0.39 is 0 Å². The van der Waals surface area contributed by atoms with Crippen molar-refractivity contribution in [1.82, 2.24) is 4.98 Å². The van der Waals surface area contributed by atoms with Gasteiger partial charge in [0.1, 0.15) is 10.8 Å². The third-order valence-electron chi connectivity index (χ3n) is 3.53. The molecule has 0 radical (unpaired) electrons. The molecule has 25 heavy (non-hydrogen) atoms. The minimum Gasteiger partial charge on any atom is -0.326 e. The molecular weight excluding hydrogens is 337 g/mol. The Morgan fingerprint density at radius 3 is 2.80 bits per heavy atom. The van der Waals surface area contributed by atoms with Crippen molar-refractivity contribution < 1.29 is 9.18 Å². The number of nitriles is 1. The molecule has 0 aliphatic heterocycles. The van der Waals surface area contributed by atoms with Gasteiger partial charge in [0.15, 0.2) is 0 Å². The summed E-state index contributed by atoms with van der Waals surface area (Å²) in [5.41, 5.74) is 2.79. The van der Waals surface area contributed by atoms with E-state index >= 15 is 0 Å². The summed E-state index contributed by atoms with van der Waals surface area (Å²) in [4.78, 5) is 16.5. The van der Waals surface area contributed by atoms with E-state index in [4.69, 9.17) is 5.26 Å². The van der Waals surface area contributed by atoms with Crippen LogP contribution in [0.15, 0.2) is 53.9 Å². The van der Waals surface area contributed by atoms with Gasteiger partial charge in [-0.1, -0.05) is 6.07 Å². The average Bonchev–Trinajstić information content (AvgIpc) is 3.10. The zero-order valence-electron chi connectivity index (χ0n) is 13.2. The third kappa shape index (κ3) is 4.49. The van der Waals surface area contributed by atoms with Crippen LogP contribution in [0.25, 0.3) is 10.6 Å². The number of benzene rings is 2. The van der Waals surface area contributed by atoms with Crippen molar-refractivity contribution in [3.05, 3.63) is 71.0 Å². The van der Waals surface area contributed by atoms with Crippen LogP contribution in [-0.4, -0.2) is 10.9 Å². The largest absolute Gasteiger partial charge is 0.326 e. The van der Waals surface area contributed by atoms with Crippen LogP contribution in [0.3, 0.4) is 0 Å². The van der Waals surface area contributed by atoms with Gasteiger partial charge in [0.25, 0.3) is 0 Å². The summed E-state index contributed by atoms with van der Waals surface area (Å²) in [6, 6.07) is 15.0. The number of halogens is 1. The second kappa shape index (κ2) is 7.69. The molecule has 0 bridgehead atoms. The maximum Gasteiger partial charge on any atom is 0.224 e. The number of amides is 1. The smallest absolute Gasteiger partial charge is 0.224 e. The topological polar surface area (TPSA) is 65.8 Å². The maximum absolute atomic E-state index is 13.0. The zero-order valence-corrected chi connectivity index (χ0v) is 14.0. The van der Waals surface area contributed by atoms with Gasteiger partial charge in [-0.3, -0.25) is 4.79 Å². The molecule has 0 spiro atoms. The Morgan fingerprint density at radius 2 is 2.04 bits per heavy atom. The zero-order chi connectivity index (χ0) is 17.6. The summed E-state index contributed by atoms with van der Waals surface area (Å²) in [5, 5.41) is 14.4. The van der Waals surface area contributed by atoms with E-state index in [0.29, 0.717) is 24.1 Å². The van der Waals surface area contributed by atoms with Crippen molar-refractivity contribution in [3.63, 3.8) is 0 Å². The summed E-state index contributed by atoms with van der Waals surface area (Å²) in [7, 11) is 0. The first-order chi connectivity index (χ1) is 12.1. The highest BCUT2D eigenvalue weighted by Crippen LogP contribution is 2.24. The first-order valence-corrected chi connectivity index (χ1v) is 8.52. The molecule has 1 heterocycles. The van der Waals surface area contributed by atoms with Gasteiger partial charge in [-0.05, 0) is 48.9 Å². The van der Waals surface area contributed by atoms with Crippen LogP contribution in [0.5, 0.6) is 0 Å². The molecule has 124 valence electrons. The quantitative estimate of drug-likeness (QED) is 0.741. The number of hydrogen-bond donors (Lipinski definition) is 1. The van der Waals surface area contributed by atoms with Gasteiger partial charge in [-0.2, -0.15) is 5.26 Å². The van der Waals surface area contributed by atoms with Crippen molar-refractivity contribution in [2.75, 3.05) is 5.32 Å². The second-order valence-corrected chi connectivity index (χ2v) is 6.25. The van der Waals surface area contributed by atoms with Gasteiger partial charge in [0.05, 0.1) is 17.3 Å². The van der Waals surface area contributed by atoms with Crippen LogP contribution in [0.2, 0.25) is 0 Å². The number of thiazole rings is 1.